The van der Waals surface area contributed by atoms with Gasteiger partial charge in [-0.2, -0.15) is 0 Å². The van der Waals surface area contributed by atoms with Crippen LogP contribution in [0, 0.1) is 0 Å². The number of esters is 1. The highest BCUT2D eigenvalue weighted by atomic mass is 32.2. The minimum Gasteiger partial charge on any atom is -0.465 e. The number of amides is 2. The Morgan fingerprint density at radius 2 is 1.70 bits per heavy atom. The molecule has 4 rings (SSSR count). The van der Waals surface area contributed by atoms with Crippen molar-refractivity contribution in [2.45, 2.75) is 31.7 Å². The van der Waals surface area contributed by atoms with Crippen molar-refractivity contribution >= 4 is 39.8 Å². The Labute approximate surface area is 192 Å². The molecule has 9 nitrogen and oxygen atoms in total. The fourth-order valence-electron chi connectivity index (χ4n) is 3.70. The lowest BCUT2D eigenvalue weighted by molar-refractivity contribution is -0.143. The molecule has 1 N–H and O–H groups in total. The van der Waals surface area contributed by atoms with Crippen LogP contribution in [0.1, 0.15) is 18.1 Å². The number of nitrogens with zero attached hydrogens (tertiary/aromatic N) is 2. The molecule has 2 amide bonds. The second-order valence-electron chi connectivity index (χ2n) is 7.49. The number of carbonyl (C=O) groups is 3. The van der Waals surface area contributed by atoms with Crippen LogP contribution < -0.4 is 16.6 Å². The summed E-state index contributed by atoms with van der Waals surface area (Å²) in [5, 5.41) is 1.77. The van der Waals surface area contributed by atoms with E-state index in [0.29, 0.717) is 22.9 Å². The maximum Gasteiger partial charge on any atom is 0.332 e. The van der Waals surface area contributed by atoms with Crippen LogP contribution in [0.3, 0.4) is 0 Å². The van der Waals surface area contributed by atoms with Gasteiger partial charge in [0, 0.05) is 0 Å². The fourth-order valence-corrected chi connectivity index (χ4v) is 4.56. The largest absolute Gasteiger partial charge is 0.465 e. The number of nitrogens with one attached hydrogen (secondary N) is 1. The molecule has 1 unspecified atom stereocenters. The van der Waals surface area contributed by atoms with E-state index in [1.807, 2.05) is 0 Å². The Hall–Kier alpha value is -3.66. The molecule has 1 atom stereocenters. The number of rotatable bonds is 7. The Morgan fingerprint density at radius 3 is 2.36 bits per heavy atom. The summed E-state index contributed by atoms with van der Waals surface area (Å²) in [6, 6.07) is 13.8. The lowest BCUT2D eigenvalue weighted by Gasteiger charge is -2.14. The molecular formula is C23H21N3O6S. The highest BCUT2D eigenvalue weighted by Crippen LogP contribution is 2.23. The number of ether oxygens (including phenoxy) is 1. The van der Waals surface area contributed by atoms with Crippen LogP contribution in [0.15, 0.2) is 58.1 Å². The van der Waals surface area contributed by atoms with Crippen molar-refractivity contribution < 1.29 is 19.1 Å². The second-order valence-corrected chi connectivity index (χ2v) is 8.66. The highest BCUT2D eigenvalue weighted by molar-refractivity contribution is 8.15. The number of imide groups is 1. The topological polar surface area (TPSA) is 116 Å². The van der Waals surface area contributed by atoms with E-state index in [1.54, 1.807) is 55.5 Å². The molecule has 170 valence electrons. The van der Waals surface area contributed by atoms with Gasteiger partial charge in [-0.3, -0.25) is 33.6 Å². The number of para-hydroxylation sites is 1. The van der Waals surface area contributed by atoms with Crippen molar-refractivity contribution in [1.29, 1.82) is 0 Å². The number of fused-ring (bicyclic) bond motifs is 1. The van der Waals surface area contributed by atoms with Gasteiger partial charge in [0.15, 0.2) is 0 Å². The van der Waals surface area contributed by atoms with Crippen LogP contribution in [0.5, 0.6) is 0 Å². The standard InChI is InChI=1S/C23H21N3O6S/c1-2-32-19(27)13-25-17-6-4-3-5-16(17)21(29)26(23(25)31)12-15-9-7-14(8-10-15)11-18-20(28)24-22(30)33-18/h3-10,18H,2,11-13H2,1H3,(H,24,28,30). The van der Waals surface area contributed by atoms with Crippen molar-refractivity contribution in [1.82, 2.24) is 14.5 Å². The Kier molecular flexibility index (Phi) is 6.45. The van der Waals surface area contributed by atoms with Crippen LogP contribution in [0.2, 0.25) is 0 Å². The lowest BCUT2D eigenvalue weighted by atomic mass is 10.1. The summed E-state index contributed by atoms with van der Waals surface area (Å²) < 4.78 is 7.32. The molecule has 33 heavy (non-hydrogen) atoms. The molecule has 1 fully saturated rings. The predicted molar refractivity (Wildman–Crippen MR) is 123 cm³/mol. The van der Waals surface area contributed by atoms with Crippen LogP contribution in [-0.4, -0.2) is 38.1 Å². The summed E-state index contributed by atoms with van der Waals surface area (Å²) in [5.74, 6) is -0.870. The summed E-state index contributed by atoms with van der Waals surface area (Å²) in [4.78, 5) is 61.4. The van der Waals surface area contributed by atoms with Crippen molar-refractivity contribution in [3.63, 3.8) is 0 Å². The monoisotopic (exact) mass is 467 g/mol. The Morgan fingerprint density at radius 1 is 1.00 bits per heavy atom. The van der Waals surface area contributed by atoms with Crippen molar-refractivity contribution in [2.24, 2.45) is 0 Å². The predicted octanol–water partition coefficient (Wildman–Crippen LogP) is 1.67. The maximum atomic E-state index is 13.2. The average molecular weight is 468 g/mol. The number of aromatic nitrogens is 2. The third kappa shape index (κ3) is 4.75. The molecule has 2 heterocycles. The lowest BCUT2D eigenvalue weighted by Crippen LogP contribution is -2.41. The molecule has 0 bridgehead atoms. The Balaban J connectivity index is 1.64. The third-order valence-electron chi connectivity index (χ3n) is 5.28. The van der Waals surface area contributed by atoms with Crippen molar-refractivity contribution in [3.05, 3.63) is 80.5 Å². The molecule has 0 spiro atoms. The summed E-state index contributed by atoms with van der Waals surface area (Å²) in [5.41, 5.74) is 0.877. The van der Waals surface area contributed by atoms with E-state index < -0.39 is 22.5 Å². The van der Waals surface area contributed by atoms with E-state index in [-0.39, 0.29) is 30.8 Å². The quantitative estimate of drug-likeness (QED) is 0.526. The van der Waals surface area contributed by atoms with Gasteiger partial charge in [-0.1, -0.05) is 48.2 Å². The molecule has 1 aromatic heterocycles. The zero-order valence-electron chi connectivity index (χ0n) is 17.8. The smallest absolute Gasteiger partial charge is 0.332 e. The van der Waals surface area contributed by atoms with Gasteiger partial charge in [-0.05, 0) is 36.6 Å². The molecule has 0 saturated carbocycles. The van der Waals surface area contributed by atoms with Crippen molar-refractivity contribution in [2.75, 3.05) is 6.61 Å². The highest BCUT2D eigenvalue weighted by Gasteiger charge is 2.31. The van der Waals surface area contributed by atoms with Crippen LogP contribution in [-0.2, 0) is 33.8 Å². The first-order valence-electron chi connectivity index (χ1n) is 10.3. The first-order chi connectivity index (χ1) is 15.9. The maximum absolute atomic E-state index is 13.2. The zero-order valence-corrected chi connectivity index (χ0v) is 18.6. The van der Waals surface area contributed by atoms with Gasteiger partial charge in [-0.15, -0.1) is 0 Å². The summed E-state index contributed by atoms with van der Waals surface area (Å²) in [7, 11) is 0. The average Bonchev–Trinajstić information content (AvgIpc) is 3.12. The Bertz CT molecular complexity index is 1360. The summed E-state index contributed by atoms with van der Waals surface area (Å²) in [6.07, 6.45) is 0.394. The first-order valence-corrected chi connectivity index (χ1v) is 11.2. The van der Waals surface area contributed by atoms with Gasteiger partial charge in [0.05, 0.1) is 29.3 Å². The molecule has 0 aliphatic carbocycles. The minimum atomic E-state index is -0.603. The van der Waals surface area contributed by atoms with Gasteiger partial charge in [0.1, 0.15) is 6.54 Å². The summed E-state index contributed by atoms with van der Waals surface area (Å²) in [6.45, 7) is 1.58. The molecule has 10 heteroatoms. The summed E-state index contributed by atoms with van der Waals surface area (Å²) >= 11 is 0.963. The number of benzene rings is 2. The van der Waals surface area contributed by atoms with E-state index >= 15 is 0 Å². The first kappa shape index (κ1) is 22.5. The van der Waals surface area contributed by atoms with Crippen LogP contribution >= 0.6 is 11.8 Å². The number of thioether (sulfide) groups is 1. The second kappa shape index (κ2) is 9.45. The van der Waals surface area contributed by atoms with Gasteiger partial charge in [0.25, 0.3) is 10.8 Å². The molecule has 1 aliphatic rings. The molecular weight excluding hydrogens is 446 g/mol. The molecule has 3 aromatic rings. The molecule has 1 saturated heterocycles. The van der Waals surface area contributed by atoms with Crippen LogP contribution in [0.25, 0.3) is 10.9 Å². The molecule has 1 aliphatic heterocycles. The van der Waals surface area contributed by atoms with Gasteiger partial charge in [0.2, 0.25) is 5.91 Å². The van der Waals surface area contributed by atoms with Gasteiger partial charge < -0.3 is 4.74 Å². The number of carbonyl (C=O) groups excluding carboxylic acids is 3. The fraction of sp³-hybridized carbons (Fsp3) is 0.261. The van der Waals surface area contributed by atoms with Crippen molar-refractivity contribution in [3.8, 4) is 0 Å². The van der Waals surface area contributed by atoms with Gasteiger partial charge >= 0.3 is 11.7 Å². The number of hydrogen-bond donors (Lipinski definition) is 1. The molecule has 2 aromatic carbocycles. The van der Waals surface area contributed by atoms with Gasteiger partial charge in [-0.25, -0.2) is 4.79 Å². The van der Waals surface area contributed by atoms with E-state index in [1.165, 1.54) is 4.57 Å². The normalized spacial score (nSPS) is 15.6. The van der Waals surface area contributed by atoms with E-state index in [0.717, 1.165) is 21.9 Å². The van der Waals surface area contributed by atoms with E-state index in [2.05, 4.69) is 5.32 Å². The number of hydrogen-bond acceptors (Lipinski definition) is 7. The third-order valence-corrected chi connectivity index (χ3v) is 6.26. The minimum absolute atomic E-state index is 0.0166. The van der Waals surface area contributed by atoms with Crippen LogP contribution in [0.4, 0.5) is 4.79 Å². The molecule has 0 radical (unpaired) electrons. The zero-order chi connectivity index (χ0) is 23.5. The van der Waals surface area contributed by atoms with E-state index in [4.69, 9.17) is 4.74 Å². The SMILES string of the molecule is CCOC(=O)Cn1c(=O)n(Cc2ccc(CC3SC(=O)NC3=O)cc2)c(=O)c2ccccc21. The van der Waals surface area contributed by atoms with E-state index in [9.17, 15) is 24.0 Å².